The molecule has 0 atom stereocenters. The maximum atomic E-state index is 12.9. The maximum absolute atomic E-state index is 12.9. The van der Waals surface area contributed by atoms with Crippen LogP contribution in [0.3, 0.4) is 0 Å². The summed E-state index contributed by atoms with van der Waals surface area (Å²) in [5, 5.41) is 12.7. The van der Waals surface area contributed by atoms with Crippen molar-refractivity contribution >= 4 is 28.2 Å². The Morgan fingerprint density at radius 2 is 2.03 bits per heavy atom. The van der Waals surface area contributed by atoms with E-state index in [4.69, 9.17) is 5.73 Å². The number of hydrogen-bond acceptors (Lipinski definition) is 6. The molecule has 0 unspecified atom stereocenters. The molecule has 8 nitrogen and oxygen atoms in total. The van der Waals surface area contributed by atoms with Crippen LogP contribution in [-0.4, -0.2) is 52.3 Å². The van der Waals surface area contributed by atoms with E-state index in [1.807, 2.05) is 24.3 Å². The van der Waals surface area contributed by atoms with Gasteiger partial charge in [0.15, 0.2) is 0 Å². The highest BCUT2D eigenvalue weighted by atomic mass is 16.2. The van der Waals surface area contributed by atoms with Gasteiger partial charge in [-0.05, 0) is 62.0 Å². The zero-order valence-corrected chi connectivity index (χ0v) is 17.6. The number of nitrogen functional groups attached to an aromatic ring is 1. The fourth-order valence-electron chi connectivity index (χ4n) is 3.98. The summed E-state index contributed by atoms with van der Waals surface area (Å²) in [5.41, 5.74) is 8.26. The number of aromatic nitrogens is 3. The fraction of sp³-hybridized carbons (Fsp3) is 0.409. The summed E-state index contributed by atoms with van der Waals surface area (Å²) in [6, 6.07) is 7.85. The number of nitrogens with zero attached hydrogens (tertiary/aromatic N) is 4. The number of rotatable bonds is 6. The van der Waals surface area contributed by atoms with Gasteiger partial charge in [-0.1, -0.05) is 12.1 Å². The monoisotopic (exact) mass is 407 g/mol. The highest BCUT2D eigenvalue weighted by Crippen LogP contribution is 2.21. The van der Waals surface area contributed by atoms with E-state index < -0.39 is 0 Å². The van der Waals surface area contributed by atoms with E-state index >= 15 is 0 Å². The second-order valence-electron chi connectivity index (χ2n) is 8.09. The van der Waals surface area contributed by atoms with Crippen molar-refractivity contribution in [2.75, 3.05) is 37.7 Å². The number of aryl methyl sites for hydroxylation is 1. The Balaban J connectivity index is 1.39. The van der Waals surface area contributed by atoms with Crippen molar-refractivity contribution in [2.24, 2.45) is 13.0 Å². The van der Waals surface area contributed by atoms with E-state index in [2.05, 4.69) is 32.7 Å². The largest absolute Gasteiger partial charge is 0.383 e. The van der Waals surface area contributed by atoms with Crippen LogP contribution in [-0.2, 0) is 13.6 Å². The lowest BCUT2D eigenvalue weighted by Crippen LogP contribution is -2.33. The first-order valence-electron chi connectivity index (χ1n) is 10.4. The number of amides is 1. The van der Waals surface area contributed by atoms with Crippen LogP contribution in [0.2, 0.25) is 0 Å². The molecule has 0 radical (unpaired) electrons. The zero-order valence-electron chi connectivity index (χ0n) is 17.6. The lowest BCUT2D eigenvalue weighted by molar-refractivity contribution is 0.0942. The molecule has 1 aliphatic heterocycles. The van der Waals surface area contributed by atoms with Crippen LogP contribution in [0.4, 0.5) is 11.5 Å². The van der Waals surface area contributed by atoms with Crippen LogP contribution in [0.5, 0.6) is 0 Å². The predicted octanol–water partition coefficient (Wildman–Crippen LogP) is 2.23. The minimum absolute atomic E-state index is 0.143. The SMILES string of the molecule is CN1CCC(CNc2cnn(C)c2C(=O)NCc2ccc3c(N)nccc3c2)CC1. The second-order valence-corrected chi connectivity index (χ2v) is 8.09. The van der Waals surface area contributed by atoms with E-state index in [1.54, 1.807) is 24.1 Å². The number of anilines is 2. The third-order valence-electron chi connectivity index (χ3n) is 5.89. The average molecular weight is 408 g/mol. The lowest BCUT2D eigenvalue weighted by atomic mass is 9.97. The number of hydrogen-bond donors (Lipinski definition) is 3. The lowest BCUT2D eigenvalue weighted by Gasteiger charge is -2.29. The topological polar surface area (TPSA) is 101 Å². The highest BCUT2D eigenvalue weighted by Gasteiger charge is 2.20. The van der Waals surface area contributed by atoms with Crippen LogP contribution in [0.25, 0.3) is 10.8 Å². The number of nitrogens with two attached hydrogens (primary N) is 1. The first-order chi connectivity index (χ1) is 14.5. The Labute approximate surface area is 176 Å². The summed E-state index contributed by atoms with van der Waals surface area (Å²) in [6.07, 6.45) is 5.77. The van der Waals surface area contributed by atoms with E-state index in [-0.39, 0.29) is 5.91 Å². The van der Waals surface area contributed by atoms with Gasteiger partial charge in [0, 0.05) is 31.7 Å². The molecule has 4 rings (SSSR count). The Hall–Kier alpha value is -3.13. The molecule has 0 aliphatic carbocycles. The van der Waals surface area contributed by atoms with Crippen molar-refractivity contribution in [1.29, 1.82) is 0 Å². The number of pyridine rings is 1. The van der Waals surface area contributed by atoms with Gasteiger partial charge in [-0.2, -0.15) is 5.10 Å². The molecule has 30 heavy (non-hydrogen) atoms. The highest BCUT2D eigenvalue weighted by molar-refractivity contribution is 5.98. The third kappa shape index (κ3) is 4.38. The van der Waals surface area contributed by atoms with Crippen LogP contribution in [0.15, 0.2) is 36.7 Å². The molecule has 4 N–H and O–H groups in total. The number of carbonyl (C=O) groups is 1. The quantitative estimate of drug-likeness (QED) is 0.579. The minimum atomic E-state index is -0.143. The predicted molar refractivity (Wildman–Crippen MR) is 119 cm³/mol. The number of benzene rings is 1. The molecule has 1 fully saturated rings. The van der Waals surface area contributed by atoms with Crippen LogP contribution in [0, 0.1) is 5.92 Å². The van der Waals surface area contributed by atoms with E-state index in [0.717, 1.165) is 41.7 Å². The van der Waals surface area contributed by atoms with Gasteiger partial charge < -0.3 is 21.3 Å². The molecule has 1 aromatic carbocycles. The van der Waals surface area contributed by atoms with Gasteiger partial charge in [0.1, 0.15) is 11.5 Å². The number of carbonyl (C=O) groups excluding carboxylic acids is 1. The van der Waals surface area contributed by atoms with Gasteiger partial charge in [-0.3, -0.25) is 9.48 Å². The summed E-state index contributed by atoms with van der Waals surface area (Å²) in [6.45, 7) is 3.54. The van der Waals surface area contributed by atoms with Gasteiger partial charge in [-0.15, -0.1) is 0 Å². The van der Waals surface area contributed by atoms with Crippen LogP contribution in [0.1, 0.15) is 28.9 Å². The first kappa shape index (κ1) is 20.2. The van der Waals surface area contributed by atoms with Gasteiger partial charge >= 0.3 is 0 Å². The standard InChI is InChI=1S/C22H29N7O/c1-28-9-6-15(7-10-28)12-25-19-14-27-29(2)20(19)22(30)26-13-16-3-4-18-17(11-16)5-8-24-21(18)23/h3-5,8,11,14-15,25H,6-7,9-10,12-13H2,1-2H3,(H2,23,24)(H,26,30). The number of likely N-dealkylation sites (tertiary alicyclic amines) is 1. The van der Waals surface area contributed by atoms with Gasteiger partial charge in [0.2, 0.25) is 0 Å². The second kappa shape index (κ2) is 8.71. The van der Waals surface area contributed by atoms with E-state index in [1.165, 1.54) is 12.8 Å². The number of fused-ring (bicyclic) bond motifs is 1. The summed E-state index contributed by atoms with van der Waals surface area (Å²) in [4.78, 5) is 19.4. The number of nitrogens with one attached hydrogen (secondary N) is 2. The minimum Gasteiger partial charge on any atom is -0.383 e. The molecule has 1 saturated heterocycles. The molecular weight excluding hydrogens is 378 g/mol. The van der Waals surface area contributed by atoms with Gasteiger partial charge in [0.25, 0.3) is 5.91 Å². The van der Waals surface area contributed by atoms with Crippen molar-refractivity contribution in [1.82, 2.24) is 25.0 Å². The van der Waals surface area contributed by atoms with Crippen LogP contribution < -0.4 is 16.4 Å². The molecule has 1 amide bonds. The molecule has 1 aliphatic rings. The average Bonchev–Trinajstić information content (AvgIpc) is 3.12. The summed E-state index contributed by atoms with van der Waals surface area (Å²) in [5.74, 6) is 0.991. The smallest absolute Gasteiger partial charge is 0.271 e. The van der Waals surface area contributed by atoms with Crippen LogP contribution >= 0.6 is 0 Å². The Morgan fingerprint density at radius 1 is 1.23 bits per heavy atom. The van der Waals surface area contributed by atoms with Crippen molar-refractivity contribution < 1.29 is 4.79 Å². The van der Waals surface area contributed by atoms with Crippen molar-refractivity contribution in [2.45, 2.75) is 19.4 Å². The molecule has 0 spiro atoms. The Morgan fingerprint density at radius 3 is 2.83 bits per heavy atom. The third-order valence-corrected chi connectivity index (χ3v) is 5.89. The van der Waals surface area contributed by atoms with Gasteiger partial charge in [-0.25, -0.2) is 4.98 Å². The molecule has 8 heteroatoms. The van der Waals surface area contributed by atoms with Crippen molar-refractivity contribution in [3.05, 3.63) is 47.9 Å². The fourth-order valence-corrected chi connectivity index (χ4v) is 3.98. The molecule has 158 valence electrons. The number of piperidine rings is 1. The van der Waals surface area contributed by atoms with E-state index in [9.17, 15) is 4.79 Å². The Kier molecular flexibility index (Phi) is 5.85. The Bertz CT molecular complexity index is 1040. The molecule has 0 saturated carbocycles. The molecule has 0 bridgehead atoms. The van der Waals surface area contributed by atoms with Crippen molar-refractivity contribution in [3.63, 3.8) is 0 Å². The summed E-state index contributed by atoms with van der Waals surface area (Å²) >= 11 is 0. The van der Waals surface area contributed by atoms with Crippen molar-refractivity contribution in [3.8, 4) is 0 Å². The molecular formula is C22H29N7O. The molecule has 2 aromatic heterocycles. The zero-order chi connectivity index (χ0) is 21.1. The molecule has 3 heterocycles. The first-order valence-corrected chi connectivity index (χ1v) is 10.4. The summed E-state index contributed by atoms with van der Waals surface area (Å²) < 4.78 is 1.62. The maximum Gasteiger partial charge on any atom is 0.271 e. The van der Waals surface area contributed by atoms with E-state index in [0.29, 0.717) is 24.0 Å². The van der Waals surface area contributed by atoms with Gasteiger partial charge in [0.05, 0.1) is 11.9 Å². The summed E-state index contributed by atoms with van der Waals surface area (Å²) in [7, 11) is 3.95. The molecule has 3 aromatic rings. The normalized spacial score (nSPS) is 15.4.